The number of hydrogen-bond acceptors (Lipinski definition) is 1. The number of carbonyl (C=O) groups is 1. The fourth-order valence-corrected chi connectivity index (χ4v) is 2.28. The lowest BCUT2D eigenvalue weighted by atomic mass is 10.1. The molecule has 0 aliphatic rings. The molecule has 112 valence electrons. The predicted octanol–water partition coefficient (Wildman–Crippen LogP) is 4.62. The minimum Gasteiger partial charge on any atom is -0.324 e. The van der Waals surface area contributed by atoms with Gasteiger partial charge in [-0.05, 0) is 40.8 Å². The first-order valence-electron chi connectivity index (χ1n) is 4.82. The summed E-state index contributed by atoms with van der Waals surface area (Å²) in [5, 5.41) is 1.84. The van der Waals surface area contributed by atoms with Crippen LogP contribution in [0.25, 0.3) is 0 Å². The Balaban J connectivity index is 3.04. The van der Waals surface area contributed by atoms with Crippen molar-refractivity contribution in [2.45, 2.75) is 12.4 Å². The van der Waals surface area contributed by atoms with Crippen LogP contribution in [0.15, 0.2) is 18.2 Å². The fourth-order valence-electron chi connectivity index (χ4n) is 1.28. The molecule has 10 heteroatoms. The van der Waals surface area contributed by atoms with Gasteiger partial charge in [0.2, 0.25) is 11.8 Å². The molecule has 0 unspecified atom stereocenters. The first-order valence-corrected chi connectivity index (χ1v) is 6.28. The topological polar surface area (TPSA) is 29.1 Å². The van der Waals surface area contributed by atoms with Gasteiger partial charge in [-0.25, -0.2) is 0 Å². The van der Waals surface area contributed by atoms with Crippen LogP contribution >= 0.6 is 34.2 Å². The number of benzene rings is 1. The molecule has 1 rings (SSSR count). The third-order valence-corrected chi connectivity index (χ3v) is 3.23. The lowest BCUT2D eigenvalue weighted by molar-refractivity contribution is -0.272. The highest BCUT2D eigenvalue weighted by molar-refractivity contribution is 14.1. The minimum absolute atomic E-state index is 0.182. The largest absolute Gasteiger partial charge is 0.409 e. The van der Waals surface area contributed by atoms with Gasteiger partial charge in [-0.15, -0.1) is 0 Å². The second-order valence-corrected chi connectivity index (χ2v) is 5.23. The quantitative estimate of drug-likeness (QED) is 0.537. The van der Waals surface area contributed by atoms with Gasteiger partial charge in [-0.1, -0.05) is 11.6 Å². The summed E-state index contributed by atoms with van der Waals surface area (Å²) in [5.74, 6) is -6.27. The lowest BCUT2D eigenvalue weighted by Crippen LogP contribution is -2.45. The van der Waals surface area contributed by atoms with E-state index in [0.717, 1.165) is 6.07 Å². The number of amides is 1. The summed E-state index contributed by atoms with van der Waals surface area (Å²) in [5.41, 5.74) is -0.182. The molecule has 0 aliphatic carbocycles. The van der Waals surface area contributed by atoms with Gasteiger partial charge in [0.25, 0.3) is 0 Å². The molecule has 1 N–H and O–H groups in total. The molecular formula is C10H5ClF6INO. The summed E-state index contributed by atoms with van der Waals surface area (Å²) in [7, 11) is 0. The predicted molar refractivity (Wildman–Crippen MR) is 68.4 cm³/mol. The highest BCUT2D eigenvalue weighted by Crippen LogP contribution is 2.40. The summed E-state index contributed by atoms with van der Waals surface area (Å²) >= 11 is 7.21. The highest BCUT2D eigenvalue weighted by atomic mass is 127. The van der Waals surface area contributed by atoms with E-state index < -0.39 is 24.2 Å². The molecule has 0 spiro atoms. The third-order valence-electron chi connectivity index (χ3n) is 2.11. The van der Waals surface area contributed by atoms with Crippen LogP contribution in [0.5, 0.6) is 0 Å². The Kier molecular flexibility index (Phi) is 5.17. The number of nitrogens with one attached hydrogen (secondary N) is 1. The van der Waals surface area contributed by atoms with Crippen molar-refractivity contribution >= 4 is 45.8 Å². The molecule has 0 atom stereocenters. The lowest BCUT2D eigenvalue weighted by Gasteiger charge is -2.22. The Hall–Kier alpha value is -0.710. The Morgan fingerprint density at radius 1 is 1.15 bits per heavy atom. The average Bonchev–Trinajstić information content (AvgIpc) is 2.17. The van der Waals surface area contributed by atoms with E-state index in [1.54, 1.807) is 27.9 Å². The molecule has 0 aromatic heterocycles. The summed E-state index contributed by atoms with van der Waals surface area (Å²) in [6, 6.07) is 3.63. The van der Waals surface area contributed by atoms with Crippen LogP contribution < -0.4 is 5.32 Å². The molecule has 20 heavy (non-hydrogen) atoms. The van der Waals surface area contributed by atoms with Crippen LogP contribution in [-0.4, -0.2) is 18.3 Å². The zero-order valence-corrected chi connectivity index (χ0v) is 12.2. The van der Waals surface area contributed by atoms with Gasteiger partial charge < -0.3 is 5.32 Å². The van der Waals surface area contributed by atoms with Gasteiger partial charge in [-0.3, -0.25) is 4.79 Å². The van der Waals surface area contributed by atoms with Gasteiger partial charge in [0.05, 0.1) is 5.69 Å². The molecule has 0 aliphatic heterocycles. The van der Waals surface area contributed by atoms with E-state index in [9.17, 15) is 31.1 Å². The van der Waals surface area contributed by atoms with E-state index in [2.05, 4.69) is 0 Å². The standard InChI is InChI=1S/C10H5ClF6INO/c11-4-1-2-6(5(18)3-4)19-8(20)7(9(12,13)14)10(15,16)17/h1-3,7H,(H,19,20). The van der Waals surface area contributed by atoms with E-state index in [1.165, 1.54) is 12.1 Å². The summed E-state index contributed by atoms with van der Waals surface area (Å²) in [6.45, 7) is 0. The molecule has 1 aromatic carbocycles. The number of alkyl halides is 6. The fraction of sp³-hybridized carbons (Fsp3) is 0.300. The molecule has 0 saturated heterocycles. The monoisotopic (exact) mass is 431 g/mol. The van der Waals surface area contributed by atoms with Crippen molar-refractivity contribution in [2.24, 2.45) is 5.92 Å². The molecule has 1 amide bonds. The Morgan fingerprint density at radius 3 is 2.05 bits per heavy atom. The smallest absolute Gasteiger partial charge is 0.324 e. The van der Waals surface area contributed by atoms with Gasteiger partial charge in [-0.2, -0.15) is 26.3 Å². The maximum Gasteiger partial charge on any atom is 0.409 e. The Morgan fingerprint density at radius 2 is 1.65 bits per heavy atom. The van der Waals surface area contributed by atoms with E-state index in [4.69, 9.17) is 11.6 Å². The number of rotatable bonds is 2. The van der Waals surface area contributed by atoms with Gasteiger partial charge >= 0.3 is 12.4 Å². The Bertz CT molecular complexity index is 501. The second-order valence-electron chi connectivity index (χ2n) is 3.63. The van der Waals surface area contributed by atoms with E-state index >= 15 is 0 Å². The van der Waals surface area contributed by atoms with Crippen molar-refractivity contribution in [3.8, 4) is 0 Å². The minimum atomic E-state index is -5.72. The zero-order valence-electron chi connectivity index (χ0n) is 9.24. The van der Waals surface area contributed by atoms with Crippen molar-refractivity contribution in [1.29, 1.82) is 0 Å². The maximum atomic E-state index is 12.3. The van der Waals surface area contributed by atoms with Gasteiger partial charge in [0, 0.05) is 8.59 Å². The first kappa shape index (κ1) is 17.3. The molecular weight excluding hydrogens is 426 g/mol. The van der Waals surface area contributed by atoms with E-state index in [1.807, 2.05) is 0 Å². The van der Waals surface area contributed by atoms with Crippen molar-refractivity contribution in [2.75, 3.05) is 5.32 Å². The van der Waals surface area contributed by atoms with E-state index in [-0.39, 0.29) is 14.3 Å². The summed E-state index contributed by atoms with van der Waals surface area (Å²) < 4.78 is 74.2. The average molecular weight is 432 g/mol. The normalized spacial score (nSPS) is 12.7. The Labute approximate surface area is 127 Å². The summed E-state index contributed by atoms with van der Waals surface area (Å²) in [4.78, 5) is 11.3. The van der Waals surface area contributed by atoms with Crippen molar-refractivity contribution < 1.29 is 31.1 Å². The second kappa shape index (κ2) is 5.96. The van der Waals surface area contributed by atoms with Crippen LogP contribution in [0.2, 0.25) is 5.02 Å². The van der Waals surface area contributed by atoms with Crippen LogP contribution in [0, 0.1) is 9.49 Å². The summed E-state index contributed by atoms with van der Waals surface area (Å²) in [6.07, 6.45) is -11.4. The van der Waals surface area contributed by atoms with Crippen molar-refractivity contribution in [3.63, 3.8) is 0 Å². The van der Waals surface area contributed by atoms with Crippen LogP contribution in [0.3, 0.4) is 0 Å². The van der Waals surface area contributed by atoms with Crippen LogP contribution in [-0.2, 0) is 4.79 Å². The van der Waals surface area contributed by atoms with Gasteiger partial charge in [0.15, 0.2) is 0 Å². The molecule has 0 radical (unpaired) electrons. The highest BCUT2D eigenvalue weighted by Gasteiger charge is 2.61. The number of halogens is 8. The molecule has 0 bridgehead atoms. The molecule has 2 nitrogen and oxygen atoms in total. The number of carbonyl (C=O) groups excluding carboxylic acids is 1. The number of hydrogen-bond donors (Lipinski definition) is 1. The molecule has 1 aromatic rings. The third kappa shape index (κ3) is 4.40. The molecule has 0 fully saturated rings. The van der Waals surface area contributed by atoms with Crippen molar-refractivity contribution in [1.82, 2.24) is 0 Å². The SMILES string of the molecule is O=C(Nc1ccc(Cl)cc1I)C(C(F)(F)F)C(F)(F)F. The molecule has 0 heterocycles. The van der Waals surface area contributed by atoms with Crippen molar-refractivity contribution in [3.05, 3.63) is 26.8 Å². The van der Waals surface area contributed by atoms with Crippen LogP contribution in [0.4, 0.5) is 32.0 Å². The maximum absolute atomic E-state index is 12.3. The van der Waals surface area contributed by atoms with Crippen LogP contribution in [0.1, 0.15) is 0 Å². The van der Waals surface area contributed by atoms with E-state index in [0.29, 0.717) is 0 Å². The molecule has 0 saturated carbocycles. The van der Waals surface area contributed by atoms with Gasteiger partial charge in [0.1, 0.15) is 0 Å². The zero-order chi connectivity index (χ0) is 15.7. The number of anilines is 1. The first-order chi connectivity index (χ1) is 8.93.